The highest BCUT2D eigenvalue weighted by Crippen LogP contribution is 2.42. The maximum absolute atomic E-state index is 13.3. The Hall–Kier alpha value is -2.89. The standard InChI is InChI=1S/C21H26N2O4/c1-6-13(2)23-20(22-16-10-8-7-9-14(16)21(23)24)15-11-18(26-4)19(27-5)12-17(15)25-3/h7-13,20,22H,6H2,1-5H3/t13-,20+/m0/s1. The zero-order valence-electron chi connectivity index (χ0n) is 16.4. The topological polar surface area (TPSA) is 60.0 Å². The SMILES string of the molecule is CC[C@H](C)N1C(=O)c2ccccc2N[C@H]1c1cc(OC)c(OC)cc1OC. The minimum atomic E-state index is -0.378. The Morgan fingerprint density at radius 1 is 1.04 bits per heavy atom. The van der Waals surface area contributed by atoms with Crippen LogP contribution in [-0.2, 0) is 0 Å². The van der Waals surface area contributed by atoms with E-state index in [2.05, 4.69) is 12.2 Å². The van der Waals surface area contributed by atoms with Crippen LogP contribution in [0.3, 0.4) is 0 Å². The lowest BCUT2D eigenvalue weighted by Gasteiger charge is -2.42. The number of carbonyl (C=O) groups excluding carboxylic acids is 1. The lowest BCUT2D eigenvalue weighted by atomic mass is 9.99. The number of methoxy groups -OCH3 is 3. The van der Waals surface area contributed by atoms with Gasteiger partial charge in [-0.3, -0.25) is 4.79 Å². The zero-order chi connectivity index (χ0) is 19.6. The molecule has 2 aromatic carbocycles. The smallest absolute Gasteiger partial charge is 0.258 e. The van der Waals surface area contributed by atoms with Gasteiger partial charge in [0.05, 0.1) is 26.9 Å². The number of para-hydroxylation sites is 1. The Balaban J connectivity index is 2.17. The number of carbonyl (C=O) groups is 1. The molecule has 6 nitrogen and oxygen atoms in total. The summed E-state index contributed by atoms with van der Waals surface area (Å²) in [6.07, 6.45) is 0.457. The van der Waals surface area contributed by atoms with Crippen molar-refractivity contribution in [3.63, 3.8) is 0 Å². The predicted molar refractivity (Wildman–Crippen MR) is 105 cm³/mol. The van der Waals surface area contributed by atoms with Crippen molar-refractivity contribution >= 4 is 11.6 Å². The van der Waals surface area contributed by atoms with Crippen LogP contribution < -0.4 is 19.5 Å². The van der Waals surface area contributed by atoms with E-state index >= 15 is 0 Å². The average molecular weight is 370 g/mol. The van der Waals surface area contributed by atoms with Crippen LogP contribution in [0.4, 0.5) is 5.69 Å². The molecule has 3 rings (SSSR count). The van der Waals surface area contributed by atoms with Crippen LogP contribution in [0.25, 0.3) is 0 Å². The molecule has 0 saturated heterocycles. The van der Waals surface area contributed by atoms with Crippen LogP contribution in [0.2, 0.25) is 0 Å². The van der Waals surface area contributed by atoms with Gasteiger partial charge >= 0.3 is 0 Å². The summed E-state index contributed by atoms with van der Waals surface area (Å²) in [5.41, 5.74) is 2.30. The van der Waals surface area contributed by atoms with E-state index in [4.69, 9.17) is 14.2 Å². The third kappa shape index (κ3) is 3.27. The molecule has 2 atom stereocenters. The third-order valence-electron chi connectivity index (χ3n) is 5.06. The van der Waals surface area contributed by atoms with Crippen LogP contribution in [0.15, 0.2) is 36.4 Å². The molecule has 0 aromatic heterocycles. The van der Waals surface area contributed by atoms with E-state index in [9.17, 15) is 4.79 Å². The fourth-order valence-electron chi connectivity index (χ4n) is 3.41. The number of nitrogens with zero attached hydrogens (tertiary/aromatic N) is 1. The van der Waals surface area contributed by atoms with E-state index in [0.29, 0.717) is 22.8 Å². The maximum Gasteiger partial charge on any atom is 0.258 e. The van der Waals surface area contributed by atoms with E-state index in [-0.39, 0.29) is 18.1 Å². The van der Waals surface area contributed by atoms with Gasteiger partial charge in [0.15, 0.2) is 11.5 Å². The van der Waals surface area contributed by atoms with Crippen molar-refractivity contribution in [1.82, 2.24) is 4.90 Å². The molecule has 0 saturated carbocycles. The van der Waals surface area contributed by atoms with Crippen molar-refractivity contribution in [2.45, 2.75) is 32.5 Å². The molecule has 1 N–H and O–H groups in total. The summed E-state index contributed by atoms with van der Waals surface area (Å²) in [7, 11) is 4.79. The molecule has 1 aliphatic rings. The molecule has 0 radical (unpaired) electrons. The summed E-state index contributed by atoms with van der Waals surface area (Å²) >= 11 is 0. The number of anilines is 1. The molecule has 2 aromatic rings. The highest BCUT2D eigenvalue weighted by molar-refractivity contribution is 6.02. The molecular weight excluding hydrogens is 344 g/mol. The van der Waals surface area contributed by atoms with Crippen molar-refractivity contribution in [2.24, 2.45) is 0 Å². The largest absolute Gasteiger partial charge is 0.496 e. The average Bonchev–Trinajstić information content (AvgIpc) is 2.72. The second-order valence-electron chi connectivity index (χ2n) is 6.51. The van der Waals surface area contributed by atoms with Crippen molar-refractivity contribution < 1.29 is 19.0 Å². The van der Waals surface area contributed by atoms with Crippen LogP contribution >= 0.6 is 0 Å². The van der Waals surface area contributed by atoms with Crippen LogP contribution in [0.1, 0.15) is 42.4 Å². The van der Waals surface area contributed by atoms with Gasteiger partial charge in [0.2, 0.25) is 0 Å². The number of fused-ring (bicyclic) bond motifs is 1. The number of hydrogen-bond acceptors (Lipinski definition) is 5. The van der Waals surface area contributed by atoms with E-state index in [1.54, 1.807) is 27.4 Å². The molecule has 1 aliphatic heterocycles. The summed E-state index contributed by atoms with van der Waals surface area (Å²) in [4.78, 5) is 15.1. The van der Waals surface area contributed by atoms with Crippen LogP contribution in [0.5, 0.6) is 17.2 Å². The number of rotatable bonds is 6. The molecule has 0 bridgehead atoms. The van der Waals surface area contributed by atoms with Gasteiger partial charge in [-0.1, -0.05) is 19.1 Å². The first kappa shape index (κ1) is 18.9. The van der Waals surface area contributed by atoms with Gasteiger partial charge in [0.25, 0.3) is 5.91 Å². The summed E-state index contributed by atoms with van der Waals surface area (Å²) < 4.78 is 16.5. The second kappa shape index (κ2) is 7.78. The zero-order valence-corrected chi connectivity index (χ0v) is 16.4. The van der Waals surface area contributed by atoms with E-state index in [0.717, 1.165) is 17.7 Å². The summed E-state index contributed by atoms with van der Waals surface area (Å²) in [6.45, 7) is 4.12. The molecular formula is C21H26N2O4. The van der Waals surface area contributed by atoms with Gasteiger partial charge in [-0.25, -0.2) is 0 Å². The fraction of sp³-hybridized carbons (Fsp3) is 0.381. The first-order valence-electron chi connectivity index (χ1n) is 9.03. The molecule has 0 aliphatic carbocycles. The van der Waals surface area contributed by atoms with Gasteiger partial charge in [0.1, 0.15) is 11.9 Å². The minimum Gasteiger partial charge on any atom is -0.496 e. The molecule has 144 valence electrons. The summed E-state index contributed by atoms with van der Waals surface area (Å²) in [5, 5.41) is 3.50. The van der Waals surface area contributed by atoms with E-state index in [1.807, 2.05) is 42.2 Å². The molecule has 0 fully saturated rings. The monoisotopic (exact) mass is 370 g/mol. The number of benzene rings is 2. The van der Waals surface area contributed by atoms with Crippen LogP contribution in [0, 0.1) is 0 Å². The van der Waals surface area contributed by atoms with Gasteiger partial charge in [-0.15, -0.1) is 0 Å². The molecule has 6 heteroatoms. The van der Waals surface area contributed by atoms with E-state index in [1.165, 1.54) is 0 Å². The second-order valence-corrected chi connectivity index (χ2v) is 6.51. The normalized spacial score (nSPS) is 17.0. The Bertz CT molecular complexity index is 837. The number of amides is 1. The summed E-state index contributed by atoms with van der Waals surface area (Å²) in [5.74, 6) is 1.80. The van der Waals surface area contributed by atoms with Crippen LogP contribution in [-0.4, -0.2) is 38.2 Å². The Morgan fingerprint density at radius 3 is 2.30 bits per heavy atom. The number of hydrogen-bond donors (Lipinski definition) is 1. The molecule has 1 amide bonds. The highest BCUT2D eigenvalue weighted by atomic mass is 16.5. The molecule has 0 spiro atoms. The quantitative estimate of drug-likeness (QED) is 0.830. The molecule has 1 heterocycles. The molecule has 0 unspecified atom stereocenters. The van der Waals surface area contributed by atoms with E-state index < -0.39 is 0 Å². The predicted octanol–water partition coefficient (Wildman–Crippen LogP) is 4.08. The van der Waals surface area contributed by atoms with Crippen molar-refractivity contribution in [2.75, 3.05) is 26.6 Å². The van der Waals surface area contributed by atoms with Gasteiger partial charge in [-0.2, -0.15) is 0 Å². The Morgan fingerprint density at radius 2 is 1.67 bits per heavy atom. The van der Waals surface area contributed by atoms with Gasteiger partial charge < -0.3 is 24.4 Å². The first-order chi connectivity index (χ1) is 13.0. The first-order valence-corrected chi connectivity index (χ1v) is 9.03. The lowest BCUT2D eigenvalue weighted by molar-refractivity contribution is 0.0591. The molecule has 27 heavy (non-hydrogen) atoms. The maximum atomic E-state index is 13.3. The minimum absolute atomic E-state index is 0.000498. The fourth-order valence-corrected chi connectivity index (χ4v) is 3.41. The number of nitrogens with one attached hydrogen (secondary N) is 1. The summed E-state index contributed by atoms with van der Waals surface area (Å²) in [6, 6.07) is 11.3. The highest BCUT2D eigenvalue weighted by Gasteiger charge is 2.37. The van der Waals surface area contributed by atoms with Crippen molar-refractivity contribution in [3.05, 3.63) is 47.5 Å². The Kier molecular flexibility index (Phi) is 5.44. The van der Waals surface area contributed by atoms with Crippen molar-refractivity contribution in [1.29, 1.82) is 0 Å². The lowest BCUT2D eigenvalue weighted by Crippen LogP contribution is -2.47. The van der Waals surface area contributed by atoms with Crippen molar-refractivity contribution in [3.8, 4) is 17.2 Å². The number of ether oxygens (including phenoxy) is 3. The van der Waals surface area contributed by atoms with Gasteiger partial charge in [-0.05, 0) is 31.5 Å². The van der Waals surface area contributed by atoms with Gasteiger partial charge in [0, 0.05) is 23.4 Å². The third-order valence-corrected chi connectivity index (χ3v) is 5.06. The Labute approximate surface area is 160 Å².